The molecule has 1 aliphatic rings. The number of nitrogens with zero attached hydrogens (tertiary/aromatic N) is 1. The summed E-state index contributed by atoms with van der Waals surface area (Å²) in [4.78, 5) is 24.3. The minimum absolute atomic E-state index is 0.147. The second kappa shape index (κ2) is 5.69. The zero-order valence-electron chi connectivity index (χ0n) is 10.9. The highest BCUT2D eigenvalue weighted by atomic mass is 16.4. The molecule has 1 heterocycles. The standard InChI is InChI=1S/C15H17NO3/c1-11-5-6-12(7-8-15(18)19)10-13(11)16-9-3-2-4-14(16)17/h5-8,10H,2-4,9H2,1H3,(H,18,19). The van der Waals surface area contributed by atoms with E-state index in [0.29, 0.717) is 6.42 Å². The van der Waals surface area contributed by atoms with Crippen molar-refractivity contribution in [3.63, 3.8) is 0 Å². The molecule has 4 heteroatoms. The van der Waals surface area contributed by atoms with Gasteiger partial charge in [-0.25, -0.2) is 4.79 Å². The van der Waals surface area contributed by atoms with E-state index in [9.17, 15) is 9.59 Å². The smallest absolute Gasteiger partial charge is 0.328 e. The quantitative estimate of drug-likeness (QED) is 0.849. The number of hydrogen-bond donors (Lipinski definition) is 1. The summed E-state index contributed by atoms with van der Waals surface area (Å²) < 4.78 is 0. The molecule has 0 atom stereocenters. The molecule has 1 aliphatic heterocycles. The number of aryl methyl sites for hydroxylation is 1. The first-order chi connectivity index (χ1) is 9.08. The van der Waals surface area contributed by atoms with Gasteiger partial charge in [0.1, 0.15) is 0 Å². The van der Waals surface area contributed by atoms with Crippen molar-refractivity contribution in [2.24, 2.45) is 0 Å². The summed E-state index contributed by atoms with van der Waals surface area (Å²) in [6, 6.07) is 5.64. The number of aliphatic carboxylic acids is 1. The van der Waals surface area contributed by atoms with Crippen LogP contribution in [-0.4, -0.2) is 23.5 Å². The fraction of sp³-hybridized carbons (Fsp3) is 0.333. The molecule has 0 spiro atoms. The van der Waals surface area contributed by atoms with Gasteiger partial charge >= 0.3 is 5.97 Å². The molecule has 0 saturated carbocycles. The highest BCUT2D eigenvalue weighted by Crippen LogP contribution is 2.26. The summed E-state index contributed by atoms with van der Waals surface area (Å²) in [5.41, 5.74) is 2.71. The Morgan fingerprint density at radius 3 is 2.84 bits per heavy atom. The predicted molar refractivity (Wildman–Crippen MR) is 74.1 cm³/mol. The van der Waals surface area contributed by atoms with Gasteiger partial charge in [0, 0.05) is 24.7 Å². The first-order valence-corrected chi connectivity index (χ1v) is 6.40. The number of carboxylic acids is 1. The first kappa shape index (κ1) is 13.3. The molecule has 0 bridgehead atoms. The molecule has 0 unspecified atom stereocenters. The molecule has 4 nitrogen and oxygen atoms in total. The monoisotopic (exact) mass is 259 g/mol. The molecule has 19 heavy (non-hydrogen) atoms. The van der Waals surface area contributed by atoms with Crippen LogP contribution in [0.15, 0.2) is 24.3 Å². The van der Waals surface area contributed by atoms with Gasteiger partial charge < -0.3 is 10.0 Å². The lowest BCUT2D eigenvalue weighted by Crippen LogP contribution is -2.35. The van der Waals surface area contributed by atoms with Crippen LogP contribution in [0.2, 0.25) is 0 Å². The number of amides is 1. The SMILES string of the molecule is Cc1ccc(C=CC(=O)O)cc1N1CCCCC1=O. The summed E-state index contributed by atoms with van der Waals surface area (Å²) in [5, 5.41) is 8.64. The van der Waals surface area contributed by atoms with Gasteiger partial charge in [-0.3, -0.25) is 4.79 Å². The van der Waals surface area contributed by atoms with Crippen molar-refractivity contribution >= 4 is 23.6 Å². The van der Waals surface area contributed by atoms with E-state index in [0.717, 1.165) is 42.3 Å². The van der Waals surface area contributed by atoms with E-state index in [4.69, 9.17) is 5.11 Å². The van der Waals surface area contributed by atoms with E-state index in [1.54, 1.807) is 11.0 Å². The molecule has 1 amide bonds. The number of carbonyl (C=O) groups excluding carboxylic acids is 1. The summed E-state index contributed by atoms with van der Waals surface area (Å²) in [6.07, 6.45) is 5.20. The van der Waals surface area contributed by atoms with Crippen LogP contribution >= 0.6 is 0 Å². The van der Waals surface area contributed by atoms with Crippen LogP contribution in [0.1, 0.15) is 30.4 Å². The average Bonchev–Trinajstić information content (AvgIpc) is 2.38. The Balaban J connectivity index is 2.31. The van der Waals surface area contributed by atoms with Crippen molar-refractivity contribution in [1.82, 2.24) is 0 Å². The summed E-state index contributed by atoms with van der Waals surface area (Å²) >= 11 is 0. The molecule has 100 valence electrons. The van der Waals surface area contributed by atoms with Crippen molar-refractivity contribution < 1.29 is 14.7 Å². The van der Waals surface area contributed by atoms with Crippen molar-refractivity contribution in [1.29, 1.82) is 0 Å². The molecular weight excluding hydrogens is 242 g/mol. The van der Waals surface area contributed by atoms with E-state index in [-0.39, 0.29) is 5.91 Å². The maximum atomic E-state index is 11.9. The Bertz CT molecular complexity index is 534. The lowest BCUT2D eigenvalue weighted by Gasteiger charge is -2.28. The number of benzene rings is 1. The zero-order valence-corrected chi connectivity index (χ0v) is 10.9. The van der Waals surface area contributed by atoms with Gasteiger partial charge in [-0.1, -0.05) is 12.1 Å². The summed E-state index contributed by atoms with van der Waals surface area (Å²) in [5.74, 6) is -0.829. The number of rotatable bonds is 3. The normalized spacial score (nSPS) is 16.1. The summed E-state index contributed by atoms with van der Waals surface area (Å²) in [6.45, 7) is 2.70. The minimum atomic E-state index is -0.976. The topological polar surface area (TPSA) is 57.6 Å². The van der Waals surface area contributed by atoms with E-state index in [1.165, 1.54) is 0 Å². The minimum Gasteiger partial charge on any atom is -0.478 e. The maximum absolute atomic E-state index is 11.9. The van der Waals surface area contributed by atoms with Gasteiger partial charge in [-0.05, 0) is 43.0 Å². The Morgan fingerprint density at radius 2 is 2.16 bits per heavy atom. The van der Waals surface area contributed by atoms with E-state index in [1.807, 2.05) is 25.1 Å². The third-order valence-corrected chi connectivity index (χ3v) is 3.27. The summed E-state index contributed by atoms with van der Waals surface area (Å²) in [7, 11) is 0. The maximum Gasteiger partial charge on any atom is 0.328 e. The van der Waals surface area contributed by atoms with E-state index in [2.05, 4.69) is 0 Å². The van der Waals surface area contributed by atoms with Crippen LogP contribution in [0.25, 0.3) is 6.08 Å². The van der Waals surface area contributed by atoms with Gasteiger partial charge in [-0.2, -0.15) is 0 Å². The lowest BCUT2D eigenvalue weighted by atomic mass is 10.0. The van der Waals surface area contributed by atoms with Gasteiger partial charge in [-0.15, -0.1) is 0 Å². The van der Waals surface area contributed by atoms with Crippen LogP contribution in [0, 0.1) is 6.92 Å². The van der Waals surface area contributed by atoms with Crippen LogP contribution in [0.5, 0.6) is 0 Å². The predicted octanol–water partition coefficient (Wildman–Crippen LogP) is 2.61. The molecule has 1 saturated heterocycles. The van der Waals surface area contributed by atoms with Gasteiger partial charge in [0.25, 0.3) is 0 Å². The van der Waals surface area contributed by atoms with Crippen LogP contribution in [-0.2, 0) is 9.59 Å². The Hall–Kier alpha value is -2.10. The molecule has 0 aromatic heterocycles. The fourth-order valence-electron chi connectivity index (χ4n) is 2.25. The second-order valence-electron chi connectivity index (χ2n) is 4.72. The average molecular weight is 259 g/mol. The molecular formula is C15H17NO3. The third kappa shape index (κ3) is 3.22. The lowest BCUT2D eigenvalue weighted by molar-refractivity contribution is -0.131. The van der Waals surface area contributed by atoms with Crippen molar-refractivity contribution in [3.05, 3.63) is 35.4 Å². The molecule has 1 N–H and O–H groups in total. The van der Waals surface area contributed by atoms with Crippen molar-refractivity contribution in [3.8, 4) is 0 Å². The van der Waals surface area contributed by atoms with E-state index < -0.39 is 5.97 Å². The highest BCUT2D eigenvalue weighted by molar-refractivity contribution is 5.95. The molecule has 1 fully saturated rings. The highest BCUT2D eigenvalue weighted by Gasteiger charge is 2.20. The van der Waals surface area contributed by atoms with Crippen molar-refractivity contribution in [2.75, 3.05) is 11.4 Å². The third-order valence-electron chi connectivity index (χ3n) is 3.27. The molecule has 1 aromatic carbocycles. The number of piperidine rings is 1. The fourth-order valence-corrected chi connectivity index (χ4v) is 2.25. The number of carbonyl (C=O) groups is 2. The van der Waals surface area contributed by atoms with Gasteiger partial charge in [0.15, 0.2) is 0 Å². The van der Waals surface area contributed by atoms with Gasteiger partial charge in [0.2, 0.25) is 5.91 Å². The zero-order chi connectivity index (χ0) is 13.8. The van der Waals surface area contributed by atoms with Crippen LogP contribution in [0.4, 0.5) is 5.69 Å². The molecule has 0 radical (unpaired) electrons. The van der Waals surface area contributed by atoms with Crippen LogP contribution < -0.4 is 4.90 Å². The van der Waals surface area contributed by atoms with E-state index >= 15 is 0 Å². The number of carboxylic acid groups (broad SMARTS) is 1. The first-order valence-electron chi connectivity index (χ1n) is 6.40. The molecule has 2 rings (SSSR count). The second-order valence-corrected chi connectivity index (χ2v) is 4.72. The molecule has 1 aromatic rings. The van der Waals surface area contributed by atoms with Crippen molar-refractivity contribution in [2.45, 2.75) is 26.2 Å². The Kier molecular flexibility index (Phi) is 4.00. The van der Waals surface area contributed by atoms with Crippen LogP contribution in [0.3, 0.4) is 0 Å². The number of hydrogen-bond acceptors (Lipinski definition) is 2. The Labute approximate surface area is 112 Å². The number of anilines is 1. The molecule has 0 aliphatic carbocycles. The Morgan fingerprint density at radius 1 is 1.37 bits per heavy atom. The largest absolute Gasteiger partial charge is 0.478 e. The van der Waals surface area contributed by atoms with Gasteiger partial charge in [0.05, 0.1) is 0 Å².